The topological polar surface area (TPSA) is 60.9 Å². The molecule has 0 aliphatic rings. The average Bonchev–Trinajstić information content (AvgIpc) is 2.37. The van der Waals surface area contributed by atoms with Crippen LogP contribution in [0.1, 0.15) is 16.7 Å². The molecule has 1 aromatic carbocycles. The van der Waals surface area contributed by atoms with Crippen molar-refractivity contribution in [3.8, 4) is 12.3 Å². The first-order valence-corrected chi connectivity index (χ1v) is 5.49. The van der Waals surface area contributed by atoms with Crippen LogP contribution < -0.4 is 11.4 Å². The minimum Gasteiger partial charge on any atom is -0.383 e. The first-order valence-electron chi connectivity index (χ1n) is 5.49. The largest absolute Gasteiger partial charge is 0.383 e. The molecule has 0 saturated heterocycles. The summed E-state index contributed by atoms with van der Waals surface area (Å²) < 4.78 is 1.52. The molecule has 0 radical (unpaired) electrons. The molecular formula is C14H13N3O. The van der Waals surface area contributed by atoms with Gasteiger partial charge in [-0.1, -0.05) is 18.1 Å². The fourth-order valence-corrected chi connectivity index (χ4v) is 1.63. The van der Waals surface area contributed by atoms with Crippen LogP contribution in [0.25, 0.3) is 0 Å². The van der Waals surface area contributed by atoms with Gasteiger partial charge in [-0.25, -0.2) is 4.79 Å². The lowest BCUT2D eigenvalue weighted by atomic mass is 10.1. The molecule has 0 amide bonds. The van der Waals surface area contributed by atoms with Gasteiger partial charge in [0, 0.05) is 17.3 Å². The molecule has 0 bridgehead atoms. The Morgan fingerprint density at radius 1 is 1.39 bits per heavy atom. The molecule has 0 unspecified atom stereocenters. The number of benzene rings is 1. The molecule has 0 atom stereocenters. The van der Waals surface area contributed by atoms with Gasteiger partial charge in [0.1, 0.15) is 5.82 Å². The maximum Gasteiger partial charge on any atom is 0.349 e. The molecule has 90 valence electrons. The van der Waals surface area contributed by atoms with Crippen molar-refractivity contribution < 1.29 is 0 Å². The van der Waals surface area contributed by atoms with E-state index in [-0.39, 0.29) is 11.5 Å². The molecule has 1 aromatic heterocycles. The number of terminal acetylenes is 1. The van der Waals surface area contributed by atoms with Crippen molar-refractivity contribution in [1.29, 1.82) is 0 Å². The van der Waals surface area contributed by atoms with Crippen LogP contribution in [0.5, 0.6) is 0 Å². The number of nitrogens with zero attached hydrogens (tertiary/aromatic N) is 2. The predicted octanol–water partition coefficient (Wildman–Crippen LogP) is 1.16. The summed E-state index contributed by atoms with van der Waals surface area (Å²) in [5, 5.41) is 0. The summed E-state index contributed by atoms with van der Waals surface area (Å²) in [6.45, 7) is 2.28. The van der Waals surface area contributed by atoms with Crippen LogP contribution in [0, 0.1) is 19.3 Å². The van der Waals surface area contributed by atoms with Crippen molar-refractivity contribution in [2.75, 3.05) is 5.73 Å². The third-order valence-corrected chi connectivity index (χ3v) is 2.69. The van der Waals surface area contributed by atoms with Crippen molar-refractivity contribution in [2.45, 2.75) is 13.5 Å². The standard InChI is InChI=1S/C14H13N3O/c1-3-11-4-6-12(7-5-11)9-17-8-10(2)13(15)16-14(17)18/h1,4-8H,9H2,2H3,(H2,15,16,18). The van der Waals surface area contributed by atoms with Crippen LogP contribution >= 0.6 is 0 Å². The molecule has 4 heteroatoms. The quantitative estimate of drug-likeness (QED) is 0.800. The molecule has 18 heavy (non-hydrogen) atoms. The van der Waals surface area contributed by atoms with E-state index in [1.807, 2.05) is 31.2 Å². The first-order chi connectivity index (χ1) is 8.60. The van der Waals surface area contributed by atoms with Crippen molar-refractivity contribution in [3.63, 3.8) is 0 Å². The van der Waals surface area contributed by atoms with Gasteiger partial charge in [-0.05, 0) is 24.6 Å². The first kappa shape index (κ1) is 11.9. The van der Waals surface area contributed by atoms with Gasteiger partial charge in [0.05, 0.1) is 6.54 Å². The Hall–Kier alpha value is -2.54. The molecule has 0 fully saturated rings. The van der Waals surface area contributed by atoms with Crippen LogP contribution in [0.15, 0.2) is 35.3 Å². The number of nitrogens with two attached hydrogens (primary N) is 1. The summed E-state index contributed by atoms with van der Waals surface area (Å²) in [7, 11) is 0. The normalized spacial score (nSPS) is 10.0. The molecule has 2 rings (SSSR count). The molecule has 2 N–H and O–H groups in total. The van der Waals surface area contributed by atoms with Crippen LogP contribution in [0.4, 0.5) is 5.82 Å². The minimum atomic E-state index is -0.348. The second-order valence-corrected chi connectivity index (χ2v) is 4.06. The number of anilines is 1. The van der Waals surface area contributed by atoms with Crippen molar-refractivity contribution in [2.24, 2.45) is 0 Å². The molecule has 4 nitrogen and oxygen atoms in total. The highest BCUT2D eigenvalue weighted by Crippen LogP contribution is 2.06. The second kappa shape index (κ2) is 4.76. The Bertz CT molecular complexity index is 663. The third-order valence-electron chi connectivity index (χ3n) is 2.69. The SMILES string of the molecule is C#Cc1ccc(Cn2cc(C)c(N)nc2=O)cc1. The molecule has 0 aliphatic carbocycles. The lowest BCUT2D eigenvalue weighted by Gasteiger charge is -2.07. The summed E-state index contributed by atoms with van der Waals surface area (Å²) in [5.74, 6) is 2.83. The lowest BCUT2D eigenvalue weighted by Crippen LogP contribution is -2.24. The smallest absolute Gasteiger partial charge is 0.349 e. The lowest BCUT2D eigenvalue weighted by molar-refractivity contribution is 0.724. The average molecular weight is 239 g/mol. The third kappa shape index (κ3) is 2.41. The van der Waals surface area contributed by atoms with Crippen LogP contribution in [-0.4, -0.2) is 9.55 Å². The number of nitrogen functional groups attached to an aromatic ring is 1. The minimum absolute atomic E-state index is 0.277. The summed E-state index contributed by atoms with van der Waals surface area (Å²) >= 11 is 0. The fourth-order valence-electron chi connectivity index (χ4n) is 1.63. The van der Waals surface area contributed by atoms with E-state index >= 15 is 0 Å². The second-order valence-electron chi connectivity index (χ2n) is 4.06. The number of hydrogen-bond acceptors (Lipinski definition) is 3. The number of rotatable bonds is 2. The Morgan fingerprint density at radius 3 is 2.67 bits per heavy atom. The van der Waals surface area contributed by atoms with E-state index < -0.39 is 0 Å². The molecule has 1 heterocycles. The Morgan fingerprint density at radius 2 is 2.06 bits per heavy atom. The summed E-state index contributed by atoms with van der Waals surface area (Å²) in [5.41, 5.74) is 7.82. The maximum absolute atomic E-state index is 11.7. The Kier molecular flexibility index (Phi) is 3.16. The van der Waals surface area contributed by atoms with Crippen LogP contribution in [-0.2, 0) is 6.54 Å². The highest BCUT2D eigenvalue weighted by atomic mass is 16.1. The Labute approximate surface area is 105 Å². The zero-order chi connectivity index (χ0) is 13.1. The van der Waals surface area contributed by atoms with Crippen molar-refractivity contribution in [1.82, 2.24) is 9.55 Å². The van der Waals surface area contributed by atoms with Gasteiger partial charge >= 0.3 is 5.69 Å². The van der Waals surface area contributed by atoms with E-state index in [4.69, 9.17) is 12.2 Å². The maximum atomic E-state index is 11.7. The van der Waals surface area contributed by atoms with E-state index in [0.29, 0.717) is 6.54 Å². The van der Waals surface area contributed by atoms with Crippen LogP contribution in [0.3, 0.4) is 0 Å². The number of hydrogen-bond donors (Lipinski definition) is 1. The van der Waals surface area contributed by atoms with E-state index in [1.54, 1.807) is 6.20 Å². The highest BCUT2D eigenvalue weighted by molar-refractivity contribution is 5.36. The highest BCUT2D eigenvalue weighted by Gasteiger charge is 2.03. The van der Waals surface area contributed by atoms with E-state index in [9.17, 15) is 4.79 Å². The van der Waals surface area contributed by atoms with Gasteiger partial charge in [0.25, 0.3) is 0 Å². The zero-order valence-electron chi connectivity index (χ0n) is 10.1. The van der Waals surface area contributed by atoms with Gasteiger partial charge < -0.3 is 5.73 Å². The van der Waals surface area contributed by atoms with Crippen molar-refractivity contribution in [3.05, 3.63) is 57.6 Å². The molecule has 2 aromatic rings. The fraction of sp³-hybridized carbons (Fsp3) is 0.143. The summed E-state index contributed by atoms with van der Waals surface area (Å²) in [6, 6.07) is 7.48. The van der Waals surface area contributed by atoms with E-state index in [1.165, 1.54) is 4.57 Å². The monoisotopic (exact) mass is 239 g/mol. The van der Waals surface area contributed by atoms with Gasteiger partial charge in [-0.2, -0.15) is 4.98 Å². The van der Waals surface area contributed by atoms with Gasteiger partial charge in [-0.15, -0.1) is 6.42 Å². The van der Waals surface area contributed by atoms with Crippen LogP contribution in [0.2, 0.25) is 0 Å². The number of aromatic nitrogens is 2. The molecular weight excluding hydrogens is 226 g/mol. The van der Waals surface area contributed by atoms with E-state index in [0.717, 1.165) is 16.7 Å². The summed E-state index contributed by atoms with van der Waals surface area (Å²) in [4.78, 5) is 15.4. The molecule has 0 aliphatic heterocycles. The van der Waals surface area contributed by atoms with Crippen molar-refractivity contribution >= 4 is 5.82 Å². The van der Waals surface area contributed by atoms with E-state index in [2.05, 4.69) is 10.9 Å². The molecule has 0 spiro atoms. The predicted molar refractivity (Wildman–Crippen MR) is 71.1 cm³/mol. The Balaban J connectivity index is 2.31. The van der Waals surface area contributed by atoms with Gasteiger partial charge in [0.2, 0.25) is 0 Å². The van der Waals surface area contributed by atoms with Gasteiger partial charge in [-0.3, -0.25) is 4.57 Å². The number of aryl methyl sites for hydroxylation is 1. The molecule has 0 saturated carbocycles. The zero-order valence-corrected chi connectivity index (χ0v) is 10.1. The summed E-state index contributed by atoms with van der Waals surface area (Å²) in [6.07, 6.45) is 6.99. The van der Waals surface area contributed by atoms with Gasteiger partial charge in [0.15, 0.2) is 0 Å².